The van der Waals surface area contributed by atoms with Gasteiger partial charge in [0, 0.05) is 36.1 Å². The molecule has 0 saturated carbocycles. The first-order valence-corrected chi connectivity index (χ1v) is 9.33. The lowest BCUT2D eigenvalue weighted by Crippen LogP contribution is -2.27. The van der Waals surface area contributed by atoms with Gasteiger partial charge in [0.1, 0.15) is 18.0 Å². The summed E-state index contributed by atoms with van der Waals surface area (Å²) in [6.07, 6.45) is 3.64. The number of likely N-dealkylation sites (tertiary alicyclic amines) is 1. The SMILES string of the molecule is Cl.N=C(N)c1cccc(CNc2ncnc3cc(C(=O)N4CCCC4)ccc23)c1. The zero-order valence-corrected chi connectivity index (χ0v) is 16.7. The Morgan fingerprint density at radius 3 is 2.66 bits per heavy atom. The van der Waals surface area contributed by atoms with Crippen LogP contribution >= 0.6 is 12.4 Å². The number of carbonyl (C=O) groups is 1. The van der Waals surface area contributed by atoms with Crippen molar-refractivity contribution in [3.63, 3.8) is 0 Å². The summed E-state index contributed by atoms with van der Waals surface area (Å²) in [7, 11) is 0. The van der Waals surface area contributed by atoms with E-state index < -0.39 is 0 Å². The van der Waals surface area contributed by atoms with Gasteiger partial charge in [-0.05, 0) is 42.7 Å². The molecule has 0 atom stereocenters. The molecule has 1 fully saturated rings. The number of carbonyl (C=O) groups excluding carboxylic acids is 1. The van der Waals surface area contributed by atoms with Gasteiger partial charge in [0.2, 0.25) is 0 Å². The predicted octanol–water partition coefficient (Wildman–Crippen LogP) is 3.18. The van der Waals surface area contributed by atoms with E-state index in [1.54, 1.807) is 0 Å². The molecule has 4 rings (SSSR count). The molecule has 0 unspecified atom stereocenters. The Balaban J connectivity index is 0.00000240. The van der Waals surface area contributed by atoms with Gasteiger partial charge in [-0.15, -0.1) is 12.4 Å². The highest BCUT2D eigenvalue weighted by atomic mass is 35.5. The Morgan fingerprint density at radius 2 is 1.90 bits per heavy atom. The summed E-state index contributed by atoms with van der Waals surface area (Å²) >= 11 is 0. The van der Waals surface area contributed by atoms with Crippen molar-refractivity contribution in [3.8, 4) is 0 Å². The maximum absolute atomic E-state index is 12.6. The largest absolute Gasteiger partial charge is 0.384 e. The Morgan fingerprint density at radius 1 is 1.10 bits per heavy atom. The molecular weight excluding hydrogens is 388 g/mol. The fourth-order valence-electron chi connectivity index (χ4n) is 3.47. The number of nitrogens with two attached hydrogens (primary N) is 1. The Labute approximate surface area is 175 Å². The van der Waals surface area contributed by atoms with Crippen LogP contribution in [0, 0.1) is 5.41 Å². The minimum atomic E-state index is 0. The molecule has 2 aromatic carbocycles. The van der Waals surface area contributed by atoms with E-state index in [9.17, 15) is 4.79 Å². The molecule has 7 nitrogen and oxygen atoms in total. The smallest absolute Gasteiger partial charge is 0.253 e. The van der Waals surface area contributed by atoms with Gasteiger partial charge in [-0.25, -0.2) is 9.97 Å². The van der Waals surface area contributed by atoms with Crippen LogP contribution in [0.2, 0.25) is 0 Å². The first kappa shape index (κ1) is 20.5. The monoisotopic (exact) mass is 410 g/mol. The summed E-state index contributed by atoms with van der Waals surface area (Å²) in [6, 6.07) is 13.1. The van der Waals surface area contributed by atoms with E-state index in [4.69, 9.17) is 11.1 Å². The lowest BCUT2D eigenvalue weighted by molar-refractivity contribution is 0.0793. The number of amides is 1. The van der Waals surface area contributed by atoms with Crippen molar-refractivity contribution < 1.29 is 4.79 Å². The number of aromatic nitrogens is 2. The minimum Gasteiger partial charge on any atom is -0.384 e. The van der Waals surface area contributed by atoms with Crippen molar-refractivity contribution in [1.82, 2.24) is 14.9 Å². The molecule has 0 radical (unpaired) electrons. The van der Waals surface area contributed by atoms with E-state index in [0.717, 1.165) is 42.4 Å². The molecule has 3 aromatic rings. The van der Waals surface area contributed by atoms with Gasteiger partial charge < -0.3 is 16.0 Å². The number of hydrogen-bond acceptors (Lipinski definition) is 5. The van der Waals surface area contributed by atoms with Gasteiger partial charge in [0.15, 0.2) is 0 Å². The average Bonchev–Trinajstić information content (AvgIpc) is 3.26. The molecule has 1 aromatic heterocycles. The highest BCUT2D eigenvalue weighted by molar-refractivity contribution is 5.99. The number of nitrogens with one attached hydrogen (secondary N) is 2. The number of hydrogen-bond donors (Lipinski definition) is 3. The molecule has 0 bridgehead atoms. The zero-order chi connectivity index (χ0) is 19.5. The molecule has 8 heteroatoms. The number of benzene rings is 2. The quantitative estimate of drug-likeness (QED) is 0.442. The summed E-state index contributed by atoms with van der Waals surface area (Å²) in [6.45, 7) is 2.20. The zero-order valence-electron chi connectivity index (χ0n) is 15.9. The van der Waals surface area contributed by atoms with Gasteiger partial charge >= 0.3 is 0 Å². The first-order valence-electron chi connectivity index (χ1n) is 9.33. The van der Waals surface area contributed by atoms with Crippen LogP contribution in [-0.2, 0) is 6.54 Å². The van der Waals surface area contributed by atoms with Gasteiger partial charge in [0.05, 0.1) is 5.52 Å². The molecule has 0 aliphatic carbocycles. The average molecular weight is 411 g/mol. The number of amidine groups is 1. The molecule has 2 heterocycles. The maximum atomic E-state index is 12.6. The molecule has 1 aliphatic rings. The number of nitrogens with zero attached hydrogens (tertiary/aromatic N) is 3. The summed E-state index contributed by atoms with van der Waals surface area (Å²) in [5.74, 6) is 0.816. The predicted molar refractivity (Wildman–Crippen MR) is 117 cm³/mol. The number of halogens is 1. The van der Waals surface area contributed by atoms with Crippen LogP contribution in [-0.4, -0.2) is 39.7 Å². The van der Waals surface area contributed by atoms with E-state index in [1.165, 1.54) is 6.33 Å². The number of nitrogen functional groups attached to an aromatic ring is 1. The van der Waals surface area contributed by atoms with Crippen LogP contribution in [0.1, 0.15) is 34.3 Å². The van der Waals surface area contributed by atoms with Crippen LogP contribution < -0.4 is 11.1 Å². The minimum absolute atomic E-state index is 0. The number of anilines is 1. The topological polar surface area (TPSA) is 108 Å². The van der Waals surface area contributed by atoms with Crippen molar-refractivity contribution in [3.05, 3.63) is 65.5 Å². The lowest BCUT2D eigenvalue weighted by atomic mass is 10.1. The molecular formula is C21H23ClN6O. The van der Waals surface area contributed by atoms with Crippen LogP contribution in [0.4, 0.5) is 5.82 Å². The Kier molecular flexibility index (Phi) is 6.29. The second-order valence-corrected chi connectivity index (χ2v) is 6.92. The molecule has 1 saturated heterocycles. The standard InChI is InChI=1S/C21H22N6O.ClH/c22-19(23)15-5-3-4-14(10-15)12-24-20-17-7-6-16(11-18(17)25-13-26-20)21(28)27-8-1-2-9-27;/h3-7,10-11,13H,1-2,8-9,12H2,(H3,22,23)(H,24,25,26);1H. The van der Waals surface area contributed by atoms with Crippen LogP contribution in [0.5, 0.6) is 0 Å². The summed E-state index contributed by atoms with van der Waals surface area (Å²) in [5.41, 5.74) is 8.65. The third-order valence-corrected chi connectivity index (χ3v) is 4.97. The van der Waals surface area contributed by atoms with Gasteiger partial charge in [-0.1, -0.05) is 18.2 Å². The highest BCUT2D eigenvalue weighted by Crippen LogP contribution is 2.22. The summed E-state index contributed by atoms with van der Waals surface area (Å²) in [4.78, 5) is 23.2. The molecule has 1 aliphatic heterocycles. The maximum Gasteiger partial charge on any atom is 0.253 e. The number of fused-ring (bicyclic) bond motifs is 1. The fraction of sp³-hybridized carbons (Fsp3) is 0.238. The molecule has 29 heavy (non-hydrogen) atoms. The Bertz CT molecular complexity index is 1050. The van der Waals surface area contributed by atoms with E-state index in [-0.39, 0.29) is 24.1 Å². The third-order valence-electron chi connectivity index (χ3n) is 4.97. The van der Waals surface area contributed by atoms with Gasteiger partial charge in [-0.2, -0.15) is 0 Å². The van der Waals surface area contributed by atoms with Crippen molar-refractivity contribution in [2.24, 2.45) is 5.73 Å². The first-order chi connectivity index (χ1) is 13.6. The molecule has 0 spiro atoms. The van der Waals surface area contributed by atoms with E-state index in [0.29, 0.717) is 23.5 Å². The van der Waals surface area contributed by atoms with E-state index in [2.05, 4.69) is 15.3 Å². The van der Waals surface area contributed by atoms with Gasteiger partial charge in [0.25, 0.3) is 5.91 Å². The van der Waals surface area contributed by atoms with E-state index in [1.807, 2.05) is 47.4 Å². The second-order valence-electron chi connectivity index (χ2n) is 6.92. The molecule has 150 valence electrons. The van der Waals surface area contributed by atoms with Crippen LogP contribution in [0.15, 0.2) is 48.8 Å². The van der Waals surface area contributed by atoms with Crippen LogP contribution in [0.25, 0.3) is 10.9 Å². The fourth-order valence-corrected chi connectivity index (χ4v) is 3.47. The summed E-state index contributed by atoms with van der Waals surface area (Å²) < 4.78 is 0. The van der Waals surface area contributed by atoms with Crippen molar-refractivity contribution in [1.29, 1.82) is 5.41 Å². The molecule has 1 amide bonds. The number of rotatable bonds is 5. The second kappa shape index (κ2) is 8.87. The van der Waals surface area contributed by atoms with Crippen molar-refractivity contribution in [2.45, 2.75) is 19.4 Å². The normalized spacial score (nSPS) is 13.2. The summed E-state index contributed by atoms with van der Waals surface area (Å²) in [5, 5.41) is 11.7. The highest BCUT2D eigenvalue weighted by Gasteiger charge is 2.20. The van der Waals surface area contributed by atoms with Crippen molar-refractivity contribution in [2.75, 3.05) is 18.4 Å². The third kappa shape index (κ3) is 4.46. The van der Waals surface area contributed by atoms with Crippen LogP contribution in [0.3, 0.4) is 0 Å². The Hall–Kier alpha value is -3.19. The van der Waals surface area contributed by atoms with E-state index >= 15 is 0 Å². The lowest BCUT2D eigenvalue weighted by Gasteiger charge is -2.15. The molecule has 4 N–H and O–H groups in total. The van der Waals surface area contributed by atoms with Crippen molar-refractivity contribution >= 4 is 40.9 Å². The van der Waals surface area contributed by atoms with Gasteiger partial charge in [-0.3, -0.25) is 10.2 Å².